The van der Waals surface area contributed by atoms with E-state index in [1.165, 1.54) is 11.1 Å². The molecular formula is C29H41NO2. The summed E-state index contributed by atoms with van der Waals surface area (Å²) in [5.41, 5.74) is 2.57. The average Bonchev–Trinajstić information content (AvgIpc) is 2.87. The lowest BCUT2D eigenvalue weighted by molar-refractivity contribution is -0.00843. The topological polar surface area (TPSA) is 21.7 Å². The van der Waals surface area contributed by atoms with Gasteiger partial charge in [0.1, 0.15) is 11.4 Å². The molecule has 1 atom stereocenters. The zero-order valence-corrected chi connectivity index (χ0v) is 20.6. The minimum absolute atomic E-state index is 0.128. The summed E-state index contributed by atoms with van der Waals surface area (Å²) in [6.45, 7) is 15.3. The highest BCUT2D eigenvalue weighted by Crippen LogP contribution is 2.33. The van der Waals surface area contributed by atoms with E-state index in [0.29, 0.717) is 0 Å². The Morgan fingerprint density at radius 1 is 1.06 bits per heavy atom. The Balaban J connectivity index is 1.58. The highest BCUT2D eigenvalue weighted by atomic mass is 16.5. The molecule has 0 N–H and O–H groups in total. The number of ether oxygens (including phenoxy) is 2. The molecule has 1 aliphatic heterocycles. The Bertz CT molecular complexity index is 860. The zero-order chi connectivity index (χ0) is 23.0. The Morgan fingerprint density at radius 2 is 1.84 bits per heavy atom. The van der Waals surface area contributed by atoms with Crippen molar-refractivity contribution in [3.05, 3.63) is 83.7 Å². The van der Waals surface area contributed by atoms with Crippen LogP contribution in [0.1, 0.15) is 51.7 Å². The molecule has 0 amide bonds. The van der Waals surface area contributed by atoms with Crippen molar-refractivity contribution in [2.45, 2.75) is 65.6 Å². The molecule has 1 aliphatic carbocycles. The Kier molecular flexibility index (Phi) is 8.56. The fourth-order valence-electron chi connectivity index (χ4n) is 5.12. The number of nitrogens with zero attached hydrogens (tertiary/aromatic N) is 1. The molecule has 2 aliphatic rings. The van der Waals surface area contributed by atoms with E-state index >= 15 is 0 Å². The molecular weight excluding hydrogens is 394 g/mol. The monoisotopic (exact) mass is 435 g/mol. The third-order valence-corrected chi connectivity index (χ3v) is 5.90. The molecule has 0 saturated carbocycles. The Hall–Kier alpha value is -2.10. The molecule has 3 rings (SSSR count). The normalized spacial score (nSPS) is 20.4. The van der Waals surface area contributed by atoms with E-state index in [0.717, 1.165) is 51.3 Å². The van der Waals surface area contributed by atoms with Crippen LogP contribution < -0.4 is 0 Å². The summed E-state index contributed by atoms with van der Waals surface area (Å²) in [6, 6.07) is 8.81. The first kappa shape index (κ1) is 24.5. The van der Waals surface area contributed by atoms with Crippen molar-refractivity contribution in [1.29, 1.82) is 0 Å². The summed E-state index contributed by atoms with van der Waals surface area (Å²) in [4.78, 5) is 2.60. The van der Waals surface area contributed by atoms with Crippen molar-refractivity contribution >= 4 is 0 Å². The predicted octanol–water partition coefficient (Wildman–Crippen LogP) is 6.41. The van der Waals surface area contributed by atoms with Crippen molar-refractivity contribution in [2.75, 3.05) is 26.2 Å². The van der Waals surface area contributed by atoms with Gasteiger partial charge in [-0.1, -0.05) is 74.1 Å². The maximum Gasteiger partial charge on any atom is 0.120 e. The molecule has 0 aromatic heterocycles. The van der Waals surface area contributed by atoms with Crippen LogP contribution in [0.25, 0.3) is 0 Å². The van der Waals surface area contributed by atoms with Gasteiger partial charge in [-0.25, -0.2) is 0 Å². The number of rotatable bonds is 8. The molecule has 1 unspecified atom stereocenters. The van der Waals surface area contributed by atoms with Crippen LogP contribution in [0.5, 0.6) is 0 Å². The zero-order valence-electron chi connectivity index (χ0n) is 20.6. The quantitative estimate of drug-likeness (QED) is 0.471. The fraction of sp³-hybridized carbons (Fsp3) is 0.517. The second kappa shape index (κ2) is 11.2. The summed E-state index contributed by atoms with van der Waals surface area (Å²) in [7, 11) is 0. The third-order valence-electron chi connectivity index (χ3n) is 5.90. The highest BCUT2D eigenvalue weighted by molar-refractivity contribution is 5.28. The van der Waals surface area contributed by atoms with Crippen LogP contribution in [0.2, 0.25) is 0 Å². The molecule has 1 fully saturated rings. The van der Waals surface area contributed by atoms with Gasteiger partial charge in [0, 0.05) is 26.2 Å². The van der Waals surface area contributed by atoms with Gasteiger partial charge in [-0.2, -0.15) is 0 Å². The van der Waals surface area contributed by atoms with Crippen molar-refractivity contribution in [2.24, 2.45) is 5.41 Å². The van der Waals surface area contributed by atoms with Gasteiger partial charge in [-0.3, -0.25) is 0 Å². The second-order valence-corrected chi connectivity index (χ2v) is 10.7. The maximum atomic E-state index is 6.42. The van der Waals surface area contributed by atoms with Crippen LogP contribution in [0.3, 0.4) is 0 Å². The molecule has 1 saturated heterocycles. The molecule has 3 heteroatoms. The van der Waals surface area contributed by atoms with Crippen molar-refractivity contribution < 1.29 is 9.47 Å². The van der Waals surface area contributed by atoms with Gasteiger partial charge in [0.25, 0.3) is 0 Å². The minimum Gasteiger partial charge on any atom is -0.488 e. The lowest BCUT2D eigenvalue weighted by Gasteiger charge is -2.39. The third kappa shape index (κ3) is 8.44. The average molecular weight is 436 g/mol. The number of hydrogen-bond donors (Lipinski definition) is 0. The van der Waals surface area contributed by atoms with Crippen LogP contribution >= 0.6 is 0 Å². The highest BCUT2D eigenvalue weighted by Gasteiger charge is 2.33. The van der Waals surface area contributed by atoms with E-state index in [2.05, 4.69) is 63.8 Å². The molecule has 174 valence electrons. The van der Waals surface area contributed by atoms with Gasteiger partial charge in [-0.15, -0.1) is 0 Å². The lowest BCUT2D eigenvalue weighted by Crippen LogP contribution is -2.42. The van der Waals surface area contributed by atoms with E-state index in [4.69, 9.17) is 9.47 Å². The van der Waals surface area contributed by atoms with Gasteiger partial charge < -0.3 is 14.4 Å². The van der Waals surface area contributed by atoms with Crippen LogP contribution in [-0.2, 0) is 15.9 Å². The molecule has 0 radical (unpaired) electrons. The molecule has 1 aromatic rings. The molecule has 1 heterocycles. The molecule has 0 bridgehead atoms. The summed E-state index contributed by atoms with van der Waals surface area (Å²) in [5, 5.41) is 0. The first-order valence-electron chi connectivity index (χ1n) is 12.0. The van der Waals surface area contributed by atoms with Crippen molar-refractivity contribution in [1.82, 2.24) is 4.90 Å². The first-order valence-corrected chi connectivity index (χ1v) is 12.0. The van der Waals surface area contributed by atoms with E-state index in [1.807, 2.05) is 42.5 Å². The van der Waals surface area contributed by atoms with Gasteiger partial charge >= 0.3 is 0 Å². The largest absolute Gasteiger partial charge is 0.488 e. The van der Waals surface area contributed by atoms with Crippen molar-refractivity contribution in [3.63, 3.8) is 0 Å². The number of aryl methyl sites for hydroxylation is 1. The van der Waals surface area contributed by atoms with Crippen LogP contribution in [0.4, 0.5) is 0 Å². The van der Waals surface area contributed by atoms with Crippen molar-refractivity contribution in [3.8, 4) is 0 Å². The fourth-order valence-corrected chi connectivity index (χ4v) is 5.12. The SMILES string of the molecule is Cc1cccc(CC2CN(CC(C)(C)CC(C)(C)OC3=CC=CC=CC=C3)CCCO2)c1. The summed E-state index contributed by atoms with van der Waals surface area (Å²) in [6.07, 6.45) is 17.5. The standard InChI is InChI=1S/C29H41NO2/c1-24-13-11-14-25(19-24)20-27-21-30(17-12-18-31-27)23-28(2,3)22-29(4,5)32-26-15-9-7-6-8-10-16-26/h6-11,13-16,19,27H,12,17-18,20-23H2,1-5H3. The summed E-state index contributed by atoms with van der Waals surface area (Å²) in [5.74, 6) is 0.910. The van der Waals surface area contributed by atoms with E-state index in [-0.39, 0.29) is 17.1 Å². The molecule has 3 nitrogen and oxygen atoms in total. The van der Waals surface area contributed by atoms with Gasteiger partial charge in [0.15, 0.2) is 0 Å². The molecule has 32 heavy (non-hydrogen) atoms. The Morgan fingerprint density at radius 3 is 2.66 bits per heavy atom. The van der Waals surface area contributed by atoms with E-state index < -0.39 is 0 Å². The Labute approximate surface area is 195 Å². The van der Waals surface area contributed by atoms with E-state index in [9.17, 15) is 0 Å². The van der Waals surface area contributed by atoms with Crippen LogP contribution in [0.15, 0.2) is 72.6 Å². The number of hydrogen-bond acceptors (Lipinski definition) is 3. The molecule has 1 aromatic carbocycles. The first-order chi connectivity index (χ1) is 15.2. The van der Waals surface area contributed by atoms with Crippen LogP contribution in [0, 0.1) is 12.3 Å². The lowest BCUT2D eigenvalue weighted by atomic mass is 9.81. The summed E-state index contributed by atoms with van der Waals surface area (Å²) < 4.78 is 12.6. The smallest absolute Gasteiger partial charge is 0.120 e. The number of benzene rings is 1. The minimum atomic E-state index is -0.250. The van der Waals surface area contributed by atoms with Gasteiger partial charge in [0.2, 0.25) is 0 Å². The predicted molar refractivity (Wildman–Crippen MR) is 135 cm³/mol. The molecule has 0 spiro atoms. The van der Waals surface area contributed by atoms with Crippen LogP contribution in [-0.4, -0.2) is 42.8 Å². The van der Waals surface area contributed by atoms with Gasteiger partial charge in [0.05, 0.1) is 6.10 Å². The van der Waals surface area contributed by atoms with Gasteiger partial charge in [-0.05, 0) is 63.2 Å². The van der Waals surface area contributed by atoms with E-state index in [1.54, 1.807) is 0 Å². The second-order valence-electron chi connectivity index (χ2n) is 10.7. The number of allylic oxidation sites excluding steroid dienone is 7. The summed E-state index contributed by atoms with van der Waals surface area (Å²) >= 11 is 0. The maximum absolute atomic E-state index is 6.42.